The Morgan fingerprint density at radius 1 is 1.18 bits per heavy atom. The van der Waals surface area contributed by atoms with E-state index in [4.69, 9.17) is 0 Å². The highest BCUT2D eigenvalue weighted by atomic mass is 16.2. The van der Waals surface area contributed by atoms with E-state index in [2.05, 4.69) is 20.4 Å². The summed E-state index contributed by atoms with van der Waals surface area (Å²) < 4.78 is 0. The van der Waals surface area contributed by atoms with Gasteiger partial charge in [-0.2, -0.15) is 5.10 Å². The fourth-order valence-corrected chi connectivity index (χ4v) is 4.43. The highest BCUT2D eigenvalue weighted by Gasteiger charge is 2.31. The number of aryl methyl sites for hydroxylation is 1. The van der Waals surface area contributed by atoms with Crippen molar-refractivity contribution in [3.63, 3.8) is 0 Å². The van der Waals surface area contributed by atoms with Crippen molar-refractivity contribution in [3.8, 4) is 0 Å². The molecule has 1 aromatic rings. The summed E-state index contributed by atoms with van der Waals surface area (Å²) in [5.41, 5.74) is 1.16. The van der Waals surface area contributed by atoms with Crippen molar-refractivity contribution in [1.29, 1.82) is 0 Å². The van der Waals surface area contributed by atoms with Crippen molar-refractivity contribution in [2.45, 2.75) is 70.9 Å². The lowest BCUT2D eigenvalue weighted by molar-refractivity contribution is -0.133. The van der Waals surface area contributed by atoms with Crippen LogP contribution in [0.1, 0.15) is 57.9 Å². The second-order valence-corrected chi connectivity index (χ2v) is 8.55. The Morgan fingerprint density at radius 2 is 1.89 bits per heavy atom. The van der Waals surface area contributed by atoms with Gasteiger partial charge in [0.2, 0.25) is 11.8 Å². The minimum Gasteiger partial charge on any atom is -0.354 e. The van der Waals surface area contributed by atoms with E-state index in [9.17, 15) is 9.59 Å². The first-order valence-corrected chi connectivity index (χ1v) is 10.8. The van der Waals surface area contributed by atoms with Crippen LogP contribution in [0.4, 0.5) is 0 Å². The second-order valence-electron chi connectivity index (χ2n) is 8.55. The van der Waals surface area contributed by atoms with E-state index < -0.39 is 0 Å². The molecule has 0 radical (unpaired) electrons. The van der Waals surface area contributed by atoms with Gasteiger partial charge in [0.15, 0.2) is 0 Å². The Labute approximate surface area is 168 Å². The van der Waals surface area contributed by atoms with E-state index in [1.54, 1.807) is 0 Å². The quantitative estimate of drug-likeness (QED) is 0.747. The normalized spacial score (nSPS) is 19.9. The highest BCUT2D eigenvalue weighted by Crippen LogP contribution is 2.24. The molecule has 2 saturated heterocycles. The molecule has 0 saturated carbocycles. The number of piperidine rings is 2. The van der Waals surface area contributed by atoms with E-state index in [1.807, 2.05) is 31.1 Å². The largest absolute Gasteiger partial charge is 0.354 e. The predicted molar refractivity (Wildman–Crippen MR) is 109 cm³/mol. The molecule has 0 aromatic carbocycles. The zero-order valence-electron chi connectivity index (χ0n) is 17.3. The molecule has 0 spiro atoms. The number of nitrogens with zero attached hydrogens (tertiary/aromatic N) is 3. The number of aromatic nitrogens is 2. The number of carbonyl (C=O) groups excluding carboxylic acids is 2. The monoisotopic (exact) mass is 389 g/mol. The van der Waals surface area contributed by atoms with Gasteiger partial charge in [0.25, 0.3) is 0 Å². The maximum absolute atomic E-state index is 12.5. The second kappa shape index (κ2) is 10.0. The number of nitrogens with one attached hydrogen (secondary N) is 2. The molecule has 2 fully saturated rings. The van der Waals surface area contributed by atoms with Gasteiger partial charge in [0.05, 0.1) is 6.20 Å². The van der Waals surface area contributed by atoms with Gasteiger partial charge >= 0.3 is 0 Å². The molecule has 3 heterocycles. The smallest absolute Gasteiger partial charge is 0.223 e. The molecule has 7 nitrogen and oxygen atoms in total. The van der Waals surface area contributed by atoms with Gasteiger partial charge in [-0.3, -0.25) is 14.7 Å². The molecular formula is C21H35N5O2. The van der Waals surface area contributed by atoms with Gasteiger partial charge in [0, 0.05) is 43.7 Å². The molecule has 28 heavy (non-hydrogen) atoms. The van der Waals surface area contributed by atoms with Crippen LogP contribution in [0, 0.1) is 5.92 Å². The van der Waals surface area contributed by atoms with Crippen molar-refractivity contribution < 1.29 is 9.59 Å². The molecule has 2 N–H and O–H groups in total. The number of rotatable bonds is 7. The third kappa shape index (κ3) is 5.80. The van der Waals surface area contributed by atoms with Crippen molar-refractivity contribution in [2.75, 3.05) is 26.2 Å². The van der Waals surface area contributed by atoms with Gasteiger partial charge in [-0.1, -0.05) is 0 Å². The van der Waals surface area contributed by atoms with E-state index in [0.717, 1.165) is 70.3 Å². The molecular weight excluding hydrogens is 354 g/mol. The minimum absolute atomic E-state index is 0.163. The molecule has 2 aliphatic rings. The molecule has 0 bridgehead atoms. The Morgan fingerprint density at radius 3 is 2.50 bits per heavy atom. The number of aromatic amines is 1. The summed E-state index contributed by atoms with van der Waals surface area (Å²) in [6.07, 6.45) is 10.1. The van der Waals surface area contributed by atoms with Crippen LogP contribution >= 0.6 is 0 Å². The molecule has 7 heteroatoms. The van der Waals surface area contributed by atoms with Gasteiger partial charge in [-0.15, -0.1) is 0 Å². The van der Waals surface area contributed by atoms with E-state index in [1.165, 1.54) is 0 Å². The summed E-state index contributed by atoms with van der Waals surface area (Å²) in [7, 11) is 0. The Bertz CT molecular complexity index is 615. The van der Waals surface area contributed by atoms with Gasteiger partial charge in [-0.05, 0) is 71.0 Å². The highest BCUT2D eigenvalue weighted by molar-refractivity contribution is 5.79. The number of hydrogen-bond donors (Lipinski definition) is 2. The third-order valence-electron chi connectivity index (χ3n) is 6.08. The lowest BCUT2D eigenvalue weighted by Crippen LogP contribution is -2.50. The van der Waals surface area contributed by atoms with Crippen LogP contribution in [-0.4, -0.2) is 70.1 Å². The van der Waals surface area contributed by atoms with E-state index in [0.29, 0.717) is 12.5 Å². The lowest BCUT2D eigenvalue weighted by Gasteiger charge is -2.41. The number of carbonyl (C=O) groups is 2. The van der Waals surface area contributed by atoms with Crippen LogP contribution in [0.25, 0.3) is 0 Å². The van der Waals surface area contributed by atoms with Crippen molar-refractivity contribution in [3.05, 3.63) is 18.0 Å². The summed E-state index contributed by atoms with van der Waals surface area (Å²) in [6.45, 7) is 7.75. The molecule has 0 unspecified atom stereocenters. The molecule has 156 valence electrons. The zero-order chi connectivity index (χ0) is 19.9. The van der Waals surface area contributed by atoms with Crippen LogP contribution in [0.2, 0.25) is 0 Å². The average molecular weight is 390 g/mol. The van der Waals surface area contributed by atoms with Crippen LogP contribution in [0.3, 0.4) is 0 Å². The minimum atomic E-state index is 0.163. The van der Waals surface area contributed by atoms with E-state index >= 15 is 0 Å². The van der Waals surface area contributed by atoms with Gasteiger partial charge in [-0.25, -0.2) is 0 Å². The fourth-order valence-electron chi connectivity index (χ4n) is 4.43. The number of H-pyrrole nitrogens is 1. The Balaban J connectivity index is 1.34. The summed E-state index contributed by atoms with van der Waals surface area (Å²) in [4.78, 5) is 29.2. The Kier molecular flexibility index (Phi) is 7.48. The number of likely N-dealkylation sites (tertiary alicyclic amines) is 2. The van der Waals surface area contributed by atoms with Crippen molar-refractivity contribution in [1.82, 2.24) is 25.3 Å². The summed E-state index contributed by atoms with van der Waals surface area (Å²) in [5.74, 6) is 0.659. The SMILES string of the molecule is CC(C)NC(=O)C1CCN(C2CCN(C(=O)CCCc3cn[nH]c3)CC2)CC1. The molecule has 0 atom stereocenters. The zero-order valence-corrected chi connectivity index (χ0v) is 17.3. The Hall–Kier alpha value is -1.89. The van der Waals surface area contributed by atoms with Crippen LogP contribution < -0.4 is 5.32 Å². The number of hydrogen-bond acceptors (Lipinski definition) is 4. The first-order valence-electron chi connectivity index (χ1n) is 10.8. The molecule has 0 aliphatic carbocycles. The first kappa shape index (κ1) is 20.8. The fraction of sp³-hybridized carbons (Fsp3) is 0.762. The number of amides is 2. The summed E-state index contributed by atoms with van der Waals surface area (Å²) >= 11 is 0. The molecule has 3 rings (SSSR count). The van der Waals surface area contributed by atoms with E-state index in [-0.39, 0.29) is 23.8 Å². The average Bonchev–Trinajstić information content (AvgIpc) is 3.21. The van der Waals surface area contributed by atoms with Crippen molar-refractivity contribution >= 4 is 11.8 Å². The van der Waals surface area contributed by atoms with Gasteiger partial charge in [0.1, 0.15) is 0 Å². The lowest BCUT2D eigenvalue weighted by atomic mass is 9.92. The molecule has 2 amide bonds. The molecule has 1 aromatic heterocycles. The summed E-state index contributed by atoms with van der Waals surface area (Å²) in [6, 6.07) is 0.774. The molecule has 2 aliphatic heterocycles. The van der Waals surface area contributed by atoms with Crippen molar-refractivity contribution in [2.24, 2.45) is 5.92 Å². The maximum atomic E-state index is 12.5. The predicted octanol–water partition coefficient (Wildman–Crippen LogP) is 1.96. The third-order valence-corrected chi connectivity index (χ3v) is 6.08. The maximum Gasteiger partial charge on any atom is 0.223 e. The topological polar surface area (TPSA) is 81.3 Å². The van der Waals surface area contributed by atoms with Crippen LogP contribution in [0.5, 0.6) is 0 Å². The van der Waals surface area contributed by atoms with Crippen LogP contribution in [0.15, 0.2) is 12.4 Å². The first-order chi connectivity index (χ1) is 13.5. The summed E-state index contributed by atoms with van der Waals surface area (Å²) in [5, 5.41) is 9.80. The van der Waals surface area contributed by atoms with Crippen LogP contribution in [-0.2, 0) is 16.0 Å². The standard InChI is InChI=1S/C21H35N5O2/c1-16(2)24-21(28)18-6-10-25(11-7-18)19-8-12-26(13-9-19)20(27)5-3-4-17-14-22-23-15-17/h14-16,18-19H,3-13H2,1-2H3,(H,22,23)(H,24,28). The van der Waals surface area contributed by atoms with Gasteiger partial charge < -0.3 is 15.1 Å².